The zero-order valence-electron chi connectivity index (χ0n) is 11.3. The molecule has 0 spiro atoms. The standard InChI is InChI=1S/C14H29N3/c1-12(11-17-8-4-5-9-17)16-14-7-3-2-6-13(14)10-15/h12-14,16H,2-11,15H2,1H3. The minimum absolute atomic E-state index is 0.616. The smallest absolute Gasteiger partial charge is 0.0169 e. The van der Waals surface area contributed by atoms with Crippen LogP contribution in [0.25, 0.3) is 0 Å². The van der Waals surface area contributed by atoms with Crippen molar-refractivity contribution in [2.24, 2.45) is 11.7 Å². The van der Waals surface area contributed by atoms with Crippen LogP contribution in [0.15, 0.2) is 0 Å². The van der Waals surface area contributed by atoms with Crippen molar-refractivity contribution in [2.75, 3.05) is 26.2 Å². The van der Waals surface area contributed by atoms with E-state index < -0.39 is 0 Å². The second-order valence-corrected chi connectivity index (χ2v) is 5.96. The van der Waals surface area contributed by atoms with E-state index in [1.165, 1.54) is 58.2 Å². The predicted octanol–water partition coefficient (Wildman–Crippen LogP) is 1.58. The highest BCUT2D eigenvalue weighted by Crippen LogP contribution is 2.24. The average molecular weight is 239 g/mol. The summed E-state index contributed by atoms with van der Waals surface area (Å²) >= 11 is 0. The molecule has 2 aliphatic rings. The minimum atomic E-state index is 0.616. The molecule has 2 rings (SSSR count). The molecule has 3 N–H and O–H groups in total. The maximum atomic E-state index is 5.88. The third-order valence-corrected chi connectivity index (χ3v) is 4.44. The fourth-order valence-corrected chi connectivity index (χ4v) is 3.48. The number of nitrogens with two attached hydrogens (primary N) is 1. The summed E-state index contributed by atoms with van der Waals surface area (Å²) < 4.78 is 0. The van der Waals surface area contributed by atoms with Crippen molar-refractivity contribution < 1.29 is 0 Å². The SMILES string of the molecule is CC(CN1CCCC1)NC1CCCCC1CN. The molecule has 100 valence electrons. The zero-order chi connectivity index (χ0) is 12.1. The largest absolute Gasteiger partial charge is 0.330 e. The predicted molar refractivity (Wildman–Crippen MR) is 73.1 cm³/mol. The van der Waals surface area contributed by atoms with E-state index in [1.54, 1.807) is 0 Å². The van der Waals surface area contributed by atoms with Gasteiger partial charge in [-0.3, -0.25) is 0 Å². The van der Waals surface area contributed by atoms with Gasteiger partial charge in [0, 0.05) is 18.6 Å². The number of nitrogens with one attached hydrogen (secondary N) is 1. The summed E-state index contributed by atoms with van der Waals surface area (Å²) in [5.41, 5.74) is 5.88. The highest BCUT2D eigenvalue weighted by molar-refractivity contribution is 4.84. The van der Waals surface area contributed by atoms with Gasteiger partial charge >= 0.3 is 0 Å². The third-order valence-electron chi connectivity index (χ3n) is 4.44. The second kappa shape index (κ2) is 6.72. The molecule has 3 nitrogen and oxygen atoms in total. The summed E-state index contributed by atoms with van der Waals surface area (Å²) in [6, 6.07) is 1.29. The number of hydrogen-bond acceptors (Lipinski definition) is 3. The van der Waals surface area contributed by atoms with Crippen LogP contribution in [-0.2, 0) is 0 Å². The van der Waals surface area contributed by atoms with Crippen molar-refractivity contribution in [3.8, 4) is 0 Å². The van der Waals surface area contributed by atoms with Crippen LogP contribution < -0.4 is 11.1 Å². The molecular formula is C14H29N3. The van der Waals surface area contributed by atoms with Crippen molar-refractivity contribution in [3.05, 3.63) is 0 Å². The van der Waals surface area contributed by atoms with E-state index in [9.17, 15) is 0 Å². The first-order valence-electron chi connectivity index (χ1n) is 7.48. The molecule has 17 heavy (non-hydrogen) atoms. The van der Waals surface area contributed by atoms with Gasteiger partial charge in [-0.15, -0.1) is 0 Å². The molecular weight excluding hydrogens is 210 g/mol. The van der Waals surface area contributed by atoms with Crippen molar-refractivity contribution in [1.29, 1.82) is 0 Å². The van der Waals surface area contributed by atoms with Gasteiger partial charge in [0.1, 0.15) is 0 Å². The monoisotopic (exact) mass is 239 g/mol. The van der Waals surface area contributed by atoms with E-state index >= 15 is 0 Å². The van der Waals surface area contributed by atoms with Gasteiger partial charge in [-0.2, -0.15) is 0 Å². The molecule has 0 aromatic rings. The highest BCUT2D eigenvalue weighted by Gasteiger charge is 2.25. The summed E-state index contributed by atoms with van der Waals surface area (Å²) in [5, 5.41) is 3.83. The number of rotatable bonds is 5. The van der Waals surface area contributed by atoms with Crippen molar-refractivity contribution >= 4 is 0 Å². The topological polar surface area (TPSA) is 41.3 Å². The van der Waals surface area contributed by atoms with Gasteiger partial charge in [0.15, 0.2) is 0 Å². The maximum Gasteiger partial charge on any atom is 0.0169 e. The molecule has 0 bridgehead atoms. The van der Waals surface area contributed by atoms with Crippen LogP contribution in [0, 0.1) is 5.92 Å². The highest BCUT2D eigenvalue weighted by atomic mass is 15.2. The normalized spacial score (nSPS) is 32.8. The Morgan fingerprint density at radius 1 is 1.18 bits per heavy atom. The van der Waals surface area contributed by atoms with Crippen LogP contribution in [0.5, 0.6) is 0 Å². The van der Waals surface area contributed by atoms with E-state index in [2.05, 4.69) is 17.1 Å². The van der Waals surface area contributed by atoms with Gasteiger partial charge in [-0.25, -0.2) is 0 Å². The molecule has 3 unspecified atom stereocenters. The fraction of sp³-hybridized carbons (Fsp3) is 1.00. The first kappa shape index (κ1) is 13.3. The lowest BCUT2D eigenvalue weighted by Gasteiger charge is -2.34. The van der Waals surface area contributed by atoms with Crippen molar-refractivity contribution in [3.63, 3.8) is 0 Å². The minimum Gasteiger partial charge on any atom is -0.330 e. The summed E-state index contributed by atoms with van der Waals surface area (Å²) in [4.78, 5) is 2.60. The lowest BCUT2D eigenvalue weighted by Crippen LogP contribution is -2.49. The van der Waals surface area contributed by atoms with Crippen LogP contribution in [0.4, 0.5) is 0 Å². The molecule has 1 aliphatic carbocycles. The number of likely N-dealkylation sites (tertiary alicyclic amines) is 1. The van der Waals surface area contributed by atoms with Gasteiger partial charge in [0.05, 0.1) is 0 Å². The first-order valence-corrected chi connectivity index (χ1v) is 7.48. The Morgan fingerprint density at radius 3 is 2.59 bits per heavy atom. The zero-order valence-corrected chi connectivity index (χ0v) is 11.3. The number of nitrogens with zero attached hydrogens (tertiary/aromatic N) is 1. The molecule has 1 heterocycles. The first-order chi connectivity index (χ1) is 8.29. The molecule has 0 aromatic heterocycles. The second-order valence-electron chi connectivity index (χ2n) is 5.96. The Balaban J connectivity index is 1.73. The lowest BCUT2D eigenvalue weighted by molar-refractivity contribution is 0.223. The van der Waals surface area contributed by atoms with Crippen LogP contribution in [0.2, 0.25) is 0 Å². The Labute approximate surface area is 106 Å². The van der Waals surface area contributed by atoms with Crippen molar-refractivity contribution in [1.82, 2.24) is 10.2 Å². The van der Waals surface area contributed by atoms with Crippen molar-refractivity contribution in [2.45, 2.75) is 57.5 Å². The van der Waals surface area contributed by atoms with Gasteiger partial charge in [0.2, 0.25) is 0 Å². The van der Waals surface area contributed by atoms with E-state index in [4.69, 9.17) is 5.73 Å². The third kappa shape index (κ3) is 3.94. The molecule has 2 fully saturated rings. The molecule has 3 heteroatoms. The van der Waals surface area contributed by atoms with Gasteiger partial charge < -0.3 is 16.0 Å². The quantitative estimate of drug-likeness (QED) is 0.765. The average Bonchev–Trinajstić information content (AvgIpc) is 2.82. The lowest BCUT2D eigenvalue weighted by atomic mass is 9.84. The Hall–Kier alpha value is -0.120. The van der Waals surface area contributed by atoms with Gasteiger partial charge in [-0.1, -0.05) is 12.8 Å². The molecule has 0 radical (unpaired) electrons. The van der Waals surface area contributed by atoms with Gasteiger partial charge in [-0.05, 0) is 58.2 Å². The Kier molecular flexibility index (Phi) is 5.26. The summed E-state index contributed by atoms with van der Waals surface area (Å²) in [7, 11) is 0. The molecule has 0 amide bonds. The molecule has 3 atom stereocenters. The van der Waals surface area contributed by atoms with E-state index in [0.717, 1.165) is 6.54 Å². The Morgan fingerprint density at radius 2 is 1.88 bits per heavy atom. The van der Waals surface area contributed by atoms with Crippen LogP contribution in [0.3, 0.4) is 0 Å². The summed E-state index contributed by atoms with van der Waals surface area (Å²) in [6.07, 6.45) is 8.19. The van der Waals surface area contributed by atoms with Crippen LogP contribution in [-0.4, -0.2) is 43.2 Å². The summed E-state index contributed by atoms with van der Waals surface area (Å²) in [5.74, 6) is 0.713. The molecule has 1 saturated carbocycles. The van der Waals surface area contributed by atoms with E-state index in [1.807, 2.05) is 0 Å². The van der Waals surface area contributed by atoms with Crippen LogP contribution in [0.1, 0.15) is 45.4 Å². The summed E-state index contributed by atoms with van der Waals surface area (Å²) in [6.45, 7) is 7.01. The molecule has 1 saturated heterocycles. The molecule has 0 aromatic carbocycles. The fourth-order valence-electron chi connectivity index (χ4n) is 3.48. The number of hydrogen-bond donors (Lipinski definition) is 2. The van der Waals surface area contributed by atoms with Gasteiger partial charge in [0.25, 0.3) is 0 Å². The Bertz CT molecular complexity index is 214. The molecule has 1 aliphatic heterocycles. The maximum absolute atomic E-state index is 5.88. The van der Waals surface area contributed by atoms with E-state index in [-0.39, 0.29) is 0 Å². The van der Waals surface area contributed by atoms with E-state index in [0.29, 0.717) is 18.0 Å². The van der Waals surface area contributed by atoms with Crippen LogP contribution >= 0.6 is 0 Å².